The summed E-state index contributed by atoms with van der Waals surface area (Å²) in [6, 6.07) is 3.70. The minimum atomic E-state index is -4.43. The van der Waals surface area contributed by atoms with Gasteiger partial charge in [0.2, 0.25) is 0 Å². The highest BCUT2D eigenvalue weighted by molar-refractivity contribution is 6.29. The lowest BCUT2D eigenvalue weighted by Gasteiger charge is -2.08. The molecule has 0 aliphatic carbocycles. The molecule has 6 heteroatoms. The Hall–Kier alpha value is -1.23. The van der Waals surface area contributed by atoms with Crippen LogP contribution in [0.25, 0.3) is 0 Å². The highest BCUT2D eigenvalue weighted by Gasteiger charge is 2.30. The van der Waals surface area contributed by atoms with Gasteiger partial charge in [-0.25, -0.2) is 0 Å². The van der Waals surface area contributed by atoms with Crippen LogP contribution in [0.5, 0.6) is 0 Å². The Labute approximate surface area is 88.3 Å². The van der Waals surface area contributed by atoms with Gasteiger partial charge in [0.15, 0.2) is 5.38 Å². The molecule has 0 unspecified atom stereocenters. The van der Waals surface area contributed by atoms with E-state index >= 15 is 0 Å². The molecule has 1 rings (SSSR count). The van der Waals surface area contributed by atoms with Crippen LogP contribution in [0.1, 0.15) is 16.5 Å². The lowest BCUT2D eigenvalue weighted by molar-refractivity contribution is -0.137. The molecule has 0 spiro atoms. The summed E-state index contributed by atoms with van der Waals surface area (Å²) < 4.78 is 36.4. The van der Waals surface area contributed by atoms with Gasteiger partial charge in [0.05, 0.1) is 5.56 Å². The standard InChI is InChI=1S/C9H6ClF3O2/c10-7(8(14)15)5-1-3-6(4-2-5)9(11,12)13/h1-4,7H,(H,14,15)/t7-/m0/s1. The van der Waals surface area contributed by atoms with Crippen molar-refractivity contribution in [2.45, 2.75) is 11.6 Å². The smallest absolute Gasteiger partial charge is 0.416 e. The zero-order chi connectivity index (χ0) is 11.6. The maximum Gasteiger partial charge on any atom is 0.416 e. The Kier molecular flexibility index (Phi) is 3.24. The number of benzene rings is 1. The van der Waals surface area contributed by atoms with E-state index in [9.17, 15) is 18.0 Å². The molecule has 2 nitrogen and oxygen atoms in total. The van der Waals surface area contributed by atoms with Gasteiger partial charge in [0.25, 0.3) is 0 Å². The highest BCUT2D eigenvalue weighted by atomic mass is 35.5. The lowest BCUT2D eigenvalue weighted by atomic mass is 10.1. The van der Waals surface area contributed by atoms with Gasteiger partial charge in [-0.1, -0.05) is 12.1 Å². The third kappa shape index (κ3) is 2.86. The molecule has 0 saturated heterocycles. The Morgan fingerprint density at radius 3 is 2.07 bits per heavy atom. The predicted octanol–water partition coefficient (Wildman–Crippen LogP) is 3.07. The number of aliphatic carboxylic acids is 1. The second-order valence-corrected chi connectivity index (χ2v) is 3.26. The van der Waals surface area contributed by atoms with Crippen LogP contribution in [0.2, 0.25) is 0 Å². The first-order chi connectivity index (χ1) is 6.82. The molecule has 1 N–H and O–H groups in total. The predicted molar refractivity (Wildman–Crippen MR) is 47.7 cm³/mol. The van der Waals surface area contributed by atoms with E-state index in [-0.39, 0.29) is 5.56 Å². The fourth-order valence-electron chi connectivity index (χ4n) is 0.984. The average Bonchev–Trinajstić information content (AvgIpc) is 2.15. The van der Waals surface area contributed by atoms with Crippen molar-refractivity contribution < 1.29 is 23.1 Å². The fourth-order valence-corrected chi connectivity index (χ4v) is 1.13. The Morgan fingerprint density at radius 1 is 1.27 bits per heavy atom. The van der Waals surface area contributed by atoms with Crippen LogP contribution in [0.15, 0.2) is 24.3 Å². The van der Waals surface area contributed by atoms with E-state index < -0.39 is 23.1 Å². The third-order valence-electron chi connectivity index (χ3n) is 1.75. The molecule has 15 heavy (non-hydrogen) atoms. The molecule has 82 valence electrons. The van der Waals surface area contributed by atoms with E-state index in [0.29, 0.717) is 0 Å². The summed E-state index contributed by atoms with van der Waals surface area (Å²) in [7, 11) is 0. The number of carboxylic acids is 1. The van der Waals surface area contributed by atoms with Crippen LogP contribution in [0.3, 0.4) is 0 Å². The summed E-state index contributed by atoms with van der Waals surface area (Å²) in [6.07, 6.45) is -4.43. The molecule has 0 amide bonds. The minimum absolute atomic E-state index is 0.122. The first-order valence-corrected chi connectivity index (χ1v) is 4.30. The monoisotopic (exact) mass is 238 g/mol. The number of hydrogen-bond acceptors (Lipinski definition) is 1. The van der Waals surface area contributed by atoms with Crippen molar-refractivity contribution in [1.29, 1.82) is 0 Å². The number of rotatable bonds is 2. The molecule has 0 aliphatic rings. The maximum absolute atomic E-state index is 12.1. The highest BCUT2D eigenvalue weighted by Crippen LogP contribution is 2.30. The van der Waals surface area contributed by atoms with Crippen LogP contribution < -0.4 is 0 Å². The molecule has 0 aromatic heterocycles. The zero-order valence-electron chi connectivity index (χ0n) is 7.25. The summed E-state index contributed by atoms with van der Waals surface area (Å²) in [4.78, 5) is 10.4. The Bertz CT molecular complexity index is 359. The largest absolute Gasteiger partial charge is 0.480 e. The van der Waals surface area contributed by atoms with E-state index in [1.54, 1.807) is 0 Å². The molecule has 0 fully saturated rings. The molecule has 1 aromatic carbocycles. The lowest BCUT2D eigenvalue weighted by Crippen LogP contribution is -2.07. The molecule has 0 radical (unpaired) electrons. The van der Waals surface area contributed by atoms with E-state index in [0.717, 1.165) is 24.3 Å². The first kappa shape index (κ1) is 11.8. The van der Waals surface area contributed by atoms with E-state index in [1.165, 1.54) is 0 Å². The van der Waals surface area contributed by atoms with Crippen LogP contribution in [-0.2, 0) is 11.0 Å². The summed E-state index contributed by atoms with van der Waals surface area (Å²) in [6.45, 7) is 0. The molecule has 0 saturated carbocycles. The topological polar surface area (TPSA) is 37.3 Å². The second-order valence-electron chi connectivity index (χ2n) is 2.82. The molecule has 0 aliphatic heterocycles. The van der Waals surface area contributed by atoms with E-state index in [4.69, 9.17) is 16.7 Å². The maximum atomic E-state index is 12.1. The normalized spacial score (nSPS) is 13.6. The van der Waals surface area contributed by atoms with Crippen LogP contribution >= 0.6 is 11.6 Å². The fraction of sp³-hybridized carbons (Fsp3) is 0.222. The van der Waals surface area contributed by atoms with Crippen molar-refractivity contribution in [2.75, 3.05) is 0 Å². The van der Waals surface area contributed by atoms with Crippen molar-refractivity contribution in [3.05, 3.63) is 35.4 Å². The number of carbonyl (C=O) groups is 1. The van der Waals surface area contributed by atoms with Crippen LogP contribution in [-0.4, -0.2) is 11.1 Å². The van der Waals surface area contributed by atoms with E-state index in [1.807, 2.05) is 0 Å². The summed E-state index contributed by atoms with van der Waals surface area (Å²) in [5, 5.41) is 7.18. The summed E-state index contributed by atoms with van der Waals surface area (Å²) in [5.41, 5.74) is -0.710. The van der Waals surface area contributed by atoms with Gasteiger partial charge in [-0.05, 0) is 17.7 Å². The second kappa shape index (κ2) is 4.10. The Morgan fingerprint density at radius 2 is 1.73 bits per heavy atom. The third-order valence-corrected chi connectivity index (χ3v) is 2.19. The van der Waals surface area contributed by atoms with Gasteiger partial charge in [0, 0.05) is 0 Å². The van der Waals surface area contributed by atoms with Crippen LogP contribution in [0.4, 0.5) is 13.2 Å². The molecule has 0 bridgehead atoms. The van der Waals surface area contributed by atoms with Crippen LogP contribution in [0, 0.1) is 0 Å². The summed E-state index contributed by atoms with van der Waals surface area (Å²) in [5.74, 6) is -1.29. The van der Waals surface area contributed by atoms with Gasteiger partial charge < -0.3 is 5.11 Å². The number of halogens is 4. The van der Waals surface area contributed by atoms with Crippen molar-refractivity contribution >= 4 is 17.6 Å². The first-order valence-electron chi connectivity index (χ1n) is 3.86. The number of carboxylic acid groups (broad SMARTS) is 1. The van der Waals surface area contributed by atoms with Crippen molar-refractivity contribution in [2.24, 2.45) is 0 Å². The van der Waals surface area contributed by atoms with E-state index in [2.05, 4.69) is 0 Å². The van der Waals surface area contributed by atoms with Gasteiger partial charge in [0.1, 0.15) is 0 Å². The van der Waals surface area contributed by atoms with Crippen molar-refractivity contribution in [1.82, 2.24) is 0 Å². The summed E-state index contributed by atoms with van der Waals surface area (Å²) >= 11 is 5.43. The van der Waals surface area contributed by atoms with Gasteiger partial charge >= 0.3 is 12.1 Å². The molecule has 0 heterocycles. The molecule has 1 aromatic rings. The molecular formula is C9H6ClF3O2. The number of hydrogen-bond donors (Lipinski definition) is 1. The zero-order valence-corrected chi connectivity index (χ0v) is 8.01. The quantitative estimate of drug-likeness (QED) is 0.804. The van der Waals surface area contributed by atoms with Crippen molar-refractivity contribution in [3.8, 4) is 0 Å². The molecule has 1 atom stereocenters. The van der Waals surface area contributed by atoms with Gasteiger partial charge in [-0.2, -0.15) is 13.2 Å². The SMILES string of the molecule is O=C(O)[C@@H](Cl)c1ccc(C(F)(F)F)cc1. The minimum Gasteiger partial charge on any atom is -0.480 e. The van der Waals surface area contributed by atoms with Crippen molar-refractivity contribution in [3.63, 3.8) is 0 Å². The van der Waals surface area contributed by atoms with Gasteiger partial charge in [-0.15, -0.1) is 11.6 Å². The number of alkyl halides is 4. The average molecular weight is 239 g/mol. The Balaban J connectivity index is 2.95. The molecular weight excluding hydrogens is 233 g/mol. The van der Waals surface area contributed by atoms with Gasteiger partial charge in [-0.3, -0.25) is 4.79 Å².